The summed E-state index contributed by atoms with van der Waals surface area (Å²) in [5.41, 5.74) is 16.4. The van der Waals surface area contributed by atoms with Gasteiger partial charge in [-0.15, -0.1) is 0 Å². The van der Waals surface area contributed by atoms with Crippen LogP contribution in [0.5, 0.6) is 0 Å². The fourth-order valence-electron chi connectivity index (χ4n) is 8.93. The van der Waals surface area contributed by atoms with E-state index in [2.05, 4.69) is 252 Å². The number of fused-ring (bicyclic) bond motifs is 4. The first-order valence-corrected chi connectivity index (χ1v) is 20.6. The van der Waals surface area contributed by atoms with E-state index in [1.165, 1.54) is 66.0 Å². The maximum atomic E-state index is 2.42. The lowest BCUT2D eigenvalue weighted by atomic mass is 9.97. The van der Waals surface area contributed by atoms with Crippen LogP contribution in [0, 0.1) is 0 Å². The Kier molecular flexibility index (Phi) is 8.87. The second kappa shape index (κ2) is 15.1. The average Bonchev–Trinajstić information content (AvgIpc) is 3.67. The molecule has 0 aliphatic carbocycles. The zero-order valence-corrected chi connectivity index (χ0v) is 33.0. The van der Waals surface area contributed by atoms with Gasteiger partial charge in [0.1, 0.15) is 0 Å². The highest BCUT2D eigenvalue weighted by Crippen LogP contribution is 2.41. The van der Waals surface area contributed by atoms with Gasteiger partial charge in [-0.2, -0.15) is 0 Å². The van der Waals surface area contributed by atoms with Gasteiger partial charge < -0.3 is 9.47 Å². The number of anilines is 3. The molecule has 2 heteroatoms. The Labute approximate surface area is 350 Å². The first kappa shape index (κ1) is 35.2. The molecule has 11 aromatic rings. The van der Waals surface area contributed by atoms with Crippen LogP contribution in [0.15, 0.2) is 243 Å². The quantitative estimate of drug-likeness (QED) is 0.150. The van der Waals surface area contributed by atoms with E-state index in [0.717, 1.165) is 33.9 Å². The predicted octanol–water partition coefficient (Wildman–Crippen LogP) is 16.1. The van der Waals surface area contributed by atoms with Gasteiger partial charge in [0.15, 0.2) is 0 Å². The molecule has 0 atom stereocenters. The third-order valence-corrected chi connectivity index (χ3v) is 11.8. The molecule has 0 fully saturated rings. The molecule has 0 spiro atoms. The van der Waals surface area contributed by atoms with Crippen molar-refractivity contribution in [2.24, 2.45) is 0 Å². The molecule has 0 saturated heterocycles. The molecule has 0 aliphatic heterocycles. The van der Waals surface area contributed by atoms with E-state index in [-0.39, 0.29) is 0 Å². The summed E-state index contributed by atoms with van der Waals surface area (Å²) in [6.45, 7) is 0. The number of para-hydroxylation sites is 3. The Morgan fingerprint density at radius 2 is 0.750 bits per heavy atom. The van der Waals surface area contributed by atoms with Crippen molar-refractivity contribution in [3.63, 3.8) is 0 Å². The Morgan fingerprint density at radius 1 is 0.267 bits per heavy atom. The van der Waals surface area contributed by atoms with Gasteiger partial charge in [-0.05, 0) is 110 Å². The van der Waals surface area contributed by atoms with Gasteiger partial charge in [-0.3, -0.25) is 0 Å². The summed E-state index contributed by atoms with van der Waals surface area (Å²) in [5.74, 6) is 0. The van der Waals surface area contributed by atoms with E-state index >= 15 is 0 Å². The Morgan fingerprint density at radius 3 is 1.48 bits per heavy atom. The minimum atomic E-state index is 1.09. The molecular weight excluding hydrogens is 725 g/mol. The highest BCUT2D eigenvalue weighted by atomic mass is 15.1. The first-order valence-electron chi connectivity index (χ1n) is 20.6. The highest BCUT2D eigenvalue weighted by molar-refractivity contribution is 6.09. The predicted molar refractivity (Wildman–Crippen MR) is 255 cm³/mol. The van der Waals surface area contributed by atoms with E-state index in [1.54, 1.807) is 0 Å². The molecule has 0 unspecified atom stereocenters. The number of hydrogen-bond donors (Lipinski definition) is 0. The van der Waals surface area contributed by atoms with Gasteiger partial charge >= 0.3 is 0 Å². The molecule has 1 aromatic heterocycles. The normalized spacial score (nSPS) is 11.3. The van der Waals surface area contributed by atoms with Crippen LogP contribution in [0.1, 0.15) is 0 Å². The third-order valence-electron chi connectivity index (χ3n) is 11.8. The van der Waals surface area contributed by atoms with Crippen molar-refractivity contribution in [2.75, 3.05) is 4.90 Å². The zero-order chi connectivity index (χ0) is 39.8. The van der Waals surface area contributed by atoms with Gasteiger partial charge in [0, 0.05) is 33.4 Å². The molecule has 11 rings (SSSR count). The second-order valence-electron chi connectivity index (χ2n) is 15.3. The van der Waals surface area contributed by atoms with Gasteiger partial charge in [-0.1, -0.05) is 182 Å². The van der Waals surface area contributed by atoms with E-state index in [1.807, 2.05) is 0 Å². The molecule has 0 aliphatic rings. The molecule has 0 radical (unpaired) electrons. The maximum Gasteiger partial charge on any atom is 0.0541 e. The number of benzene rings is 10. The van der Waals surface area contributed by atoms with Crippen molar-refractivity contribution in [1.29, 1.82) is 0 Å². The molecule has 282 valence electrons. The summed E-state index contributed by atoms with van der Waals surface area (Å²) in [5, 5.41) is 5.02. The van der Waals surface area contributed by atoms with Crippen LogP contribution < -0.4 is 4.90 Å². The Balaban J connectivity index is 1.000. The lowest BCUT2D eigenvalue weighted by Gasteiger charge is -2.26. The Hall–Kier alpha value is -7.94. The fourth-order valence-corrected chi connectivity index (χ4v) is 8.93. The van der Waals surface area contributed by atoms with Crippen molar-refractivity contribution in [1.82, 2.24) is 4.57 Å². The van der Waals surface area contributed by atoms with Crippen LogP contribution in [0.25, 0.3) is 82.8 Å². The minimum Gasteiger partial charge on any atom is -0.310 e. The lowest BCUT2D eigenvalue weighted by Crippen LogP contribution is -2.10. The summed E-state index contributed by atoms with van der Waals surface area (Å²) in [4.78, 5) is 2.37. The van der Waals surface area contributed by atoms with Gasteiger partial charge in [0.05, 0.1) is 16.7 Å². The smallest absolute Gasteiger partial charge is 0.0541 e. The molecule has 1 heterocycles. The summed E-state index contributed by atoms with van der Waals surface area (Å²) in [6.07, 6.45) is 0. The molecule has 10 aromatic carbocycles. The molecule has 0 N–H and O–H groups in total. The van der Waals surface area contributed by atoms with Crippen molar-refractivity contribution >= 4 is 49.6 Å². The molecule has 0 amide bonds. The van der Waals surface area contributed by atoms with Crippen LogP contribution in [0.3, 0.4) is 0 Å². The minimum absolute atomic E-state index is 1.09. The van der Waals surface area contributed by atoms with Crippen molar-refractivity contribution < 1.29 is 0 Å². The first-order chi connectivity index (χ1) is 29.8. The second-order valence-corrected chi connectivity index (χ2v) is 15.3. The van der Waals surface area contributed by atoms with Crippen LogP contribution >= 0.6 is 0 Å². The largest absolute Gasteiger partial charge is 0.310 e. The van der Waals surface area contributed by atoms with Crippen molar-refractivity contribution in [3.05, 3.63) is 243 Å². The molecule has 0 bridgehead atoms. The van der Waals surface area contributed by atoms with E-state index in [9.17, 15) is 0 Å². The van der Waals surface area contributed by atoms with E-state index in [0.29, 0.717) is 0 Å². The maximum absolute atomic E-state index is 2.42. The third kappa shape index (κ3) is 6.32. The summed E-state index contributed by atoms with van der Waals surface area (Å²) in [6, 6.07) is 87.8. The fraction of sp³-hybridized carbons (Fsp3) is 0. The number of aromatic nitrogens is 1. The summed E-state index contributed by atoms with van der Waals surface area (Å²) in [7, 11) is 0. The summed E-state index contributed by atoms with van der Waals surface area (Å²) >= 11 is 0. The molecular formula is C58H40N2. The zero-order valence-electron chi connectivity index (χ0n) is 33.0. The van der Waals surface area contributed by atoms with Crippen LogP contribution in [0.4, 0.5) is 17.1 Å². The highest BCUT2D eigenvalue weighted by Gasteiger charge is 2.17. The molecule has 2 nitrogen and oxygen atoms in total. The lowest BCUT2D eigenvalue weighted by molar-refractivity contribution is 1.18. The standard InChI is InChI=1S/C58H40N2/c1-2-15-41(16-3-1)42-31-35-48(36-32-42)59(49-37-33-44(34-38-49)52-27-14-18-43-17-4-5-23-51(43)52)50-22-13-20-46(40-50)45-19-12-21-47(39-45)53-24-6-9-28-56(53)60-57-29-10-7-25-54(57)55-26-8-11-30-58(55)60/h1-40H. The van der Waals surface area contributed by atoms with Gasteiger partial charge in [0.25, 0.3) is 0 Å². The topological polar surface area (TPSA) is 8.17 Å². The number of rotatable bonds is 8. The van der Waals surface area contributed by atoms with Crippen LogP contribution in [-0.2, 0) is 0 Å². The number of hydrogen-bond acceptors (Lipinski definition) is 1. The van der Waals surface area contributed by atoms with Crippen molar-refractivity contribution in [2.45, 2.75) is 0 Å². The average molecular weight is 765 g/mol. The van der Waals surface area contributed by atoms with Gasteiger partial charge in [0.2, 0.25) is 0 Å². The Bertz CT molecular complexity index is 3240. The van der Waals surface area contributed by atoms with Crippen LogP contribution in [0.2, 0.25) is 0 Å². The van der Waals surface area contributed by atoms with E-state index in [4.69, 9.17) is 0 Å². The van der Waals surface area contributed by atoms with Crippen LogP contribution in [-0.4, -0.2) is 4.57 Å². The summed E-state index contributed by atoms with van der Waals surface area (Å²) < 4.78 is 2.42. The SMILES string of the molecule is c1ccc(-c2ccc(N(c3ccc(-c4cccc5ccccc45)cc3)c3cccc(-c4cccc(-c5ccccc5-n5c6ccccc6c6ccccc65)c4)c3)cc2)cc1. The van der Waals surface area contributed by atoms with Crippen molar-refractivity contribution in [3.8, 4) is 50.2 Å². The number of nitrogens with zero attached hydrogens (tertiary/aromatic N) is 2. The monoisotopic (exact) mass is 764 g/mol. The molecule has 60 heavy (non-hydrogen) atoms. The molecule has 0 saturated carbocycles. The van der Waals surface area contributed by atoms with Gasteiger partial charge in [-0.25, -0.2) is 0 Å². The van der Waals surface area contributed by atoms with E-state index < -0.39 is 0 Å².